The van der Waals surface area contributed by atoms with E-state index in [0.717, 1.165) is 60.9 Å². The van der Waals surface area contributed by atoms with Crippen LogP contribution in [0.3, 0.4) is 0 Å². The van der Waals surface area contributed by atoms with Crippen molar-refractivity contribution in [3.05, 3.63) is 254 Å². The summed E-state index contributed by atoms with van der Waals surface area (Å²) in [6.45, 7) is 0. The Morgan fingerprint density at radius 1 is 0.314 bits per heavy atom. The van der Waals surface area contributed by atoms with E-state index in [1.54, 1.807) is 0 Å². The molecule has 4 heterocycles. The van der Waals surface area contributed by atoms with E-state index in [1.807, 2.05) is 0 Å². The number of para-hydroxylation sites is 4. The lowest BCUT2D eigenvalue weighted by molar-refractivity contribution is 0.823. The fourth-order valence-electron chi connectivity index (χ4n) is 11.6. The minimum absolute atomic E-state index is 0.179. The van der Waals surface area contributed by atoms with Crippen molar-refractivity contribution in [1.82, 2.24) is 28.7 Å². The average Bonchev–Trinajstić information content (AvgIpc) is 4.16. The summed E-state index contributed by atoms with van der Waals surface area (Å²) in [5, 5.41) is 7.08. The van der Waals surface area contributed by atoms with Crippen LogP contribution in [0, 0.1) is 0 Å². The maximum Gasteiger partial charge on any atom is 0.238 e. The Balaban J connectivity index is 1.00. The van der Waals surface area contributed by atoms with Gasteiger partial charge in [0.2, 0.25) is 5.95 Å². The molecule has 0 atom stereocenters. The first-order chi connectivity index (χ1) is 34.7. The minimum Gasteiger partial charge on any atom is -0.309 e. The van der Waals surface area contributed by atoms with Crippen molar-refractivity contribution in [2.24, 2.45) is 0 Å². The van der Waals surface area contributed by atoms with Gasteiger partial charge < -0.3 is 9.13 Å². The van der Waals surface area contributed by atoms with Crippen molar-refractivity contribution in [3.8, 4) is 51.0 Å². The summed E-state index contributed by atoms with van der Waals surface area (Å²) in [5.74, 6) is 1.75. The smallest absolute Gasteiger partial charge is 0.238 e. The largest absolute Gasteiger partial charge is 0.309 e. The monoisotopic (exact) mass is 892 g/mol. The second kappa shape index (κ2) is 15.1. The molecule has 326 valence electrons. The molecule has 10 aromatic carbocycles. The number of aromatic nitrogens is 6. The lowest BCUT2D eigenvalue weighted by Gasteiger charge is -2.16. The quantitative estimate of drug-likeness (QED) is 0.167. The number of hydrogen-bond donors (Lipinski definition) is 0. The van der Waals surface area contributed by atoms with Gasteiger partial charge in [-0.1, -0.05) is 182 Å². The second-order valence-corrected chi connectivity index (χ2v) is 18.3. The normalized spacial score (nSPS) is 12.5. The molecular formula is C64H40N6. The molecular weight excluding hydrogens is 853 g/mol. The first-order valence-electron chi connectivity index (χ1n) is 23.9. The summed E-state index contributed by atoms with van der Waals surface area (Å²) in [7, 11) is 0. The number of hydrogen-bond acceptors (Lipinski definition) is 3. The lowest BCUT2D eigenvalue weighted by atomic mass is 9.96. The van der Waals surface area contributed by atoms with Crippen molar-refractivity contribution < 1.29 is 0 Å². The second-order valence-electron chi connectivity index (χ2n) is 18.3. The Kier molecular flexibility index (Phi) is 8.32. The van der Waals surface area contributed by atoms with Crippen LogP contribution in [-0.2, 0) is 0 Å². The van der Waals surface area contributed by atoms with E-state index in [0.29, 0.717) is 17.6 Å². The van der Waals surface area contributed by atoms with Gasteiger partial charge >= 0.3 is 0 Å². The molecule has 0 saturated heterocycles. The molecule has 70 heavy (non-hydrogen) atoms. The third-order valence-corrected chi connectivity index (χ3v) is 14.6. The van der Waals surface area contributed by atoms with Crippen LogP contribution in [0.15, 0.2) is 237 Å². The van der Waals surface area contributed by atoms with Crippen molar-refractivity contribution >= 4 is 65.4 Å². The SMILES string of the molecule is c1ccc(-c2ccc(-c3nc(C4c5ccccc5-c5ccccc54)nc(-n4c5ccccc5c5c4ccc4c6ccccc6n(-c6ccc7c(c6)c6ccccc6n7-c6ccccc6)c45)n3)cc2)cc1. The van der Waals surface area contributed by atoms with Gasteiger partial charge in [-0.25, -0.2) is 4.98 Å². The molecule has 6 nitrogen and oxygen atoms in total. The zero-order valence-corrected chi connectivity index (χ0v) is 37.8. The summed E-state index contributed by atoms with van der Waals surface area (Å²) in [4.78, 5) is 16.4. The van der Waals surface area contributed by atoms with E-state index in [1.165, 1.54) is 54.8 Å². The van der Waals surface area contributed by atoms with Gasteiger partial charge in [-0.3, -0.25) is 4.57 Å². The first-order valence-corrected chi connectivity index (χ1v) is 23.9. The zero-order valence-electron chi connectivity index (χ0n) is 37.8. The molecule has 0 unspecified atom stereocenters. The highest BCUT2D eigenvalue weighted by atomic mass is 15.2. The van der Waals surface area contributed by atoms with Crippen LogP contribution in [0.25, 0.3) is 116 Å². The predicted octanol–water partition coefficient (Wildman–Crippen LogP) is 15.7. The summed E-state index contributed by atoms with van der Waals surface area (Å²) in [6.07, 6.45) is 0. The third kappa shape index (κ3) is 5.65. The van der Waals surface area contributed by atoms with Crippen LogP contribution in [-0.4, -0.2) is 28.7 Å². The molecule has 0 N–H and O–H groups in total. The first kappa shape index (κ1) is 38.7. The maximum absolute atomic E-state index is 5.57. The highest BCUT2D eigenvalue weighted by molar-refractivity contribution is 6.26. The van der Waals surface area contributed by atoms with Gasteiger partial charge in [-0.2, -0.15) is 9.97 Å². The van der Waals surface area contributed by atoms with Crippen LogP contribution in [0.1, 0.15) is 22.9 Å². The predicted molar refractivity (Wildman–Crippen MR) is 287 cm³/mol. The van der Waals surface area contributed by atoms with Crippen LogP contribution < -0.4 is 0 Å². The Bertz CT molecular complexity index is 4360. The van der Waals surface area contributed by atoms with Gasteiger partial charge in [-0.15, -0.1) is 0 Å². The summed E-state index contributed by atoms with van der Waals surface area (Å²) in [6, 6.07) is 85.0. The van der Waals surface area contributed by atoms with E-state index in [4.69, 9.17) is 15.0 Å². The van der Waals surface area contributed by atoms with Gasteiger partial charge in [0.05, 0.1) is 39.0 Å². The molecule has 0 amide bonds. The Labute approximate surface area is 402 Å². The minimum atomic E-state index is -0.179. The number of benzene rings is 10. The van der Waals surface area contributed by atoms with E-state index in [9.17, 15) is 0 Å². The van der Waals surface area contributed by atoms with Crippen molar-refractivity contribution in [2.45, 2.75) is 5.92 Å². The van der Waals surface area contributed by atoms with Crippen molar-refractivity contribution in [1.29, 1.82) is 0 Å². The molecule has 0 spiro atoms. The van der Waals surface area contributed by atoms with Crippen LogP contribution >= 0.6 is 0 Å². The average molecular weight is 893 g/mol. The maximum atomic E-state index is 5.57. The van der Waals surface area contributed by atoms with Gasteiger partial charge in [0.15, 0.2) is 5.82 Å². The van der Waals surface area contributed by atoms with Gasteiger partial charge in [-0.05, 0) is 88.0 Å². The molecule has 0 saturated carbocycles. The lowest BCUT2D eigenvalue weighted by Crippen LogP contribution is -2.12. The van der Waals surface area contributed by atoms with Gasteiger partial charge in [0.25, 0.3) is 0 Å². The van der Waals surface area contributed by atoms with E-state index in [-0.39, 0.29) is 5.92 Å². The van der Waals surface area contributed by atoms with Gasteiger partial charge in [0.1, 0.15) is 5.82 Å². The van der Waals surface area contributed by atoms with Crippen LogP contribution in [0.5, 0.6) is 0 Å². The number of nitrogens with zero attached hydrogens (tertiary/aromatic N) is 6. The highest BCUT2D eigenvalue weighted by Crippen LogP contribution is 2.48. The molecule has 0 aliphatic heterocycles. The molecule has 6 heteroatoms. The molecule has 15 rings (SSSR count). The van der Waals surface area contributed by atoms with Gasteiger partial charge in [0, 0.05) is 49.3 Å². The Morgan fingerprint density at radius 3 is 1.56 bits per heavy atom. The summed E-state index contributed by atoms with van der Waals surface area (Å²) >= 11 is 0. The Hall–Kier alpha value is -9.39. The highest BCUT2D eigenvalue weighted by Gasteiger charge is 2.33. The van der Waals surface area contributed by atoms with E-state index >= 15 is 0 Å². The molecule has 1 aliphatic carbocycles. The molecule has 0 bridgehead atoms. The number of rotatable bonds is 6. The number of fused-ring (bicyclic) bond motifs is 13. The standard InChI is InChI=1S/C64H40N6/c1-3-17-40(18-4-1)41-31-33-42(34-32-41)62-65-63(59-49-25-9-7-21-45(49)46-22-8-10-26-50(46)59)67-64(66-62)70-56-30-16-13-27-52(56)60-58(70)38-36-51-47-23-11-15-29-55(47)69(61(51)60)44-35-37-57-53(39-44)48-24-12-14-28-54(48)68(57)43-19-5-2-6-20-43/h1-39,59H. The van der Waals surface area contributed by atoms with Crippen LogP contribution in [0.4, 0.5) is 0 Å². The summed E-state index contributed by atoms with van der Waals surface area (Å²) < 4.78 is 7.12. The van der Waals surface area contributed by atoms with Crippen molar-refractivity contribution in [3.63, 3.8) is 0 Å². The summed E-state index contributed by atoms with van der Waals surface area (Å²) in [5.41, 5.74) is 17.0. The Morgan fingerprint density at radius 2 is 0.843 bits per heavy atom. The third-order valence-electron chi connectivity index (χ3n) is 14.6. The van der Waals surface area contributed by atoms with Crippen LogP contribution in [0.2, 0.25) is 0 Å². The molecule has 0 radical (unpaired) electrons. The molecule has 0 fully saturated rings. The fourth-order valence-corrected chi connectivity index (χ4v) is 11.6. The molecule has 14 aromatic rings. The molecule has 4 aromatic heterocycles. The van der Waals surface area contributed by atoms with E-state index < -0.39 is 0 Å². The topological polar surface area (TPSA) is 53.5 Å². The molecule has 1 aliphatic rings. The fraction of sp³-hybridized carbons (Fsp3) is 0.0156. The van der Waals surface area contributed by atoms with E-state index in [2.05, 4.69) is 250 Å². The zero-order chi connectivity index (χ0) is 45.9. The van der Waals surface area contributed by atoms with Crippen molar-refractivity contribution in [2.75, 3.05) is 0 Å².